The summed E-state index contributed by atoms with van der Waals surface area (Å²) in [7, 11) is 0. The van der Waals surface area contributed by atoms with E-state index in [1.165, 1.54) is 5.56 Å². The molecule has 1 aliphatic carbocycles. The number of piperidine rings is 1. The van der Waals surface area contributed by atoms with E-state index in [0.717, 1.165) is 30.9 Å². The second-order valence-electron chi connectivity index (χ2n) is 7.38. The van der Waals surface area contributed by atoms with Crippen molar-refractivity contribution >= 4 is 0 Å². The SMILES string of the molecule is OCC1(CO)C2CN(Cc3cccc(OCc4ccccc4)c3)CC21. The fourth-order valence-electron chi connectivity index (χ4n) is 4.30. The van der Waals surface area contributed by atoms with Crippen LogP contribution in [0.2, 0.25) is 0 Å². The zero-order valence-electron chi connectivity index (χ0n) is 14.3. The molecule has 1 saturated heterocycles. The average Bonchev–Trinajstić information content (AvgIpc) is 3.02. The summed E-state index contributed by atoms with van der Waals surface area (Å²) in [4.78, 5) is 2.41. The zero-order valence-corrected chi connectivity index (χ0v) is 14.3. The van der Waals surface area contributed by atoms with Crippen LogP contribution in [0, 0.1) is 17.3 Å². The van der Waals surface area contributed by atoms with Gasteiger partial charge in [0.15, 0.2) is 0 Å². The molecule has 0 amide bonds. The molecule has 1 aliphatic heterocycles. The van der Waals surface area contributed by atoms with E-state index < -0.39 is 0 Å². The van der Waals surface area contributed by atoms with E-state index >= 15 is 0 Å². The summed E-state index contributed by atoms with van der Waals surface area (Å²) in [6, 6.07) is 18.5. The maximum absolute atomic E-state index is 9.53. The Kier molecular flexibility index (Phi) is 4.50. The summed E-state index contributed by atoms with van der Waals surface area (Å²) in [5.41, 5.74) is 2.19. The normalized spacial score (nSPS) is 24.1. The first-order chi connectivity index (χ1) is 12.2. The number of nitrogens with zero attached hydrogens (tertiary/aromatic N) is 1. The Bertz CT molecular complexity index is 700. The first kappa shape index (κ1) is 16.6. The van der Waals surface area contributed by atoms with Crippen LogP contribution in [0.25, 0.3) is 0 Å². The van der Waals surface area contributed by atoms with Crippen LogP contribution in [-0.2, 0) is 13.2 Å². The molecular weight excluding hydrogens is 314 g/mol. The van der Waals surface area contributed by atoms with Gasteiger partial charge in [-0.2, -0.15) is 0 Å². The van der Waals surface area contributed by atoms with Gasteiger partial charge < -0.3 is 14.9 Å². The van der Waals surface area contributed by atoms with Gasteiger partial charge in [0.2, 0.25) is 0 Å². The van der Waals surface area contributed by atoms with Crippen LogP contribution in [0.15, 0.2) is 54.6 Å². The maximum Gasteiger partial charge on any atom is 0.120 e. The molecule has 0 bridgehead atoms. The minimum absolute atomic E-state index is 0.107. The van der Waals surface area contributed by atoms with Gasteiger partial charge in [-0.15, -0.1) is 0 Å². The van der Waals surface area contributed by atoms with Crippen molar-refractivity contribution < 1.29 is 14.9 Å². The van der Waals surface area contributed by atoms with Crippen molar-refractivity contribution in [1.29, 1.82) is 0 Å². The fourth-order valence-corrected chi connectivity index (χ4v) is 4.30. The first-order valence-corrected chi connectivity index (χ1v) is 8.95. The number of benzene rings is 2. The lowest BCUT2D eigenvalue weighted by atomic mass is 10.0. The van der Waals surface area contributed by atoms with E-state index in [-0.39, 0.29) is 18.6 Å². The molecule has 2 N–H and O–H groups in total. The van der Waals surface area contributed by atoms with Crippen molar-refractivity contribution in [2.45, 2.75) is 13.2 Å². The van der Waals surface area contributed by atoms with Gasteiger partial charge in [0.05, 0.1) is 13.2 Å². The van der Waals surface area contributed by atoms with Gasteiger partial charge in [0, 0.05) is 25.0 Å². The van der Waals surface area contributed by atoms with Crippen LogP contribution in [-0.4, -0.2) is 41.4 Å². The van der Waals surface area contributed by atoms with Crippen molar-refractivity contribution in [1.82, 2.24) is 4.90 Å². The minimum atomic E-state index is -0.211. The van der Waals surface area contributed by atoms with Crippen molar-refractivity contribution in [2.75, 3.05) is 26.3 Å². The molecule has 2 aliphatic rings. The van der Waals surface area contributed by atoms with Crippen LogP contribution in [0.4, 0.5) is 0 Å². The summed E-state index contributed by atoms with van der Waals surface area (Å²) < 4.78 is 5.91. The Morgan fingerprint density at radius 1 is 0.920 bits per heavy atom. The molecule has 132 valence electrons. The molecular formula is C21H25NO3. The Morgan fingerprint density at radius 3 is 2.28 bits per heavy atom. The predicted molar refractivity (Wildman–Crippen MR) is 96.1 cm³/mol. The molecule has 2 atom stereocenters. The van der Waals surface area contributed by atoms with Crippen LogP contribution < -0.4 is 4.74 Å². The lowest BCUT2D eigenvalue weighted by Gasteiger charge is -2.24. The summed E-state index contributed by atoms with van der Waals surface area (Å²) in [6.45, 7) is 3.60. The third-order valence-corrected chi connectivity index (χ3v) is 5.90. The van der Waals surface area contributed by atoms with Crippen LogP contribution in [0.1, 0.15) is 11.1 Å². The minimum Gasteiger partial charge on any atom is -0.489 e. The molecule has 0 radical (unpaired) electrons. The van der Waals surface area contributed by atoms with E-state index in [1.807, 2.05) is 30.3 Å². The topological polar surface area (TPSA) is 52.9 Å². The van der Waals surface area contributed by atoms with Crippen molar-refractivity contribution in [3.05, 3.63) is 65.7 Å². The highest BCUT2D eigenvalue weighted by atomic mass is 16.5. The second-order valence-corrected chi connectivity index (χ2v) is 7.38. The highest BCUT2D eigenvalue weighted by Gasteiger charge is 2.67. The molecule has 4 heteroatoms. The Morgan fingerprint density at radius 2 is 1.60 bits per heavy atom. The first-order valence-electron chi connectivity index (χ1n) is 8.95. The average molecular weight is 339 g/mol. The van der Waals surface area contributed by atoms with Crippen LogP contribution in [0.5, 0.6) is 5.75 Å². The van der Waals surface area contributed by atoms with Gasteiger partial charge in [0.25, 0.3) is 0 Å². The van der Waals surface area contributed by atoms with Gasteiger partial charge in [-0.1, -0.05) is 42.5 Å². The molecule has 2 fully saturated rings. The number of ether oxygens (including phenoxy) is 1. The molecule has 0 aromatic heterocycles. The Labute approximate surface area is 148 Å². The van der Waals surface area contributed by atoms with E-state index in [2.05, 4.69) is 29.2 Å². The molecule has 0 spiro atoms. The standard InChI is InChI=1S/C21H25NO3/c23-14-21(15-24)19-11-22(12-20(19)21)10-17-7-4-8-18(9-17)25-13-16-5-2-1-3-6-16/h1-9,19-20,23-24H,10-15H2. The van der Waals surface area contributed by atoms with Crippen molar-refractivity contribution in [3.8, 4) is 5.75 Å². The predicted octanol–water partition coefficient (Wildman–Crippen LogP) is 2.30. The zero-order chi connectivity index (χ0) is 17.3. The van der Waals surface area contributed by atoms with Crippen molar-refractivity contribution in [2.24, 2.45) is 17.3 Å². The Hall–Kier alpha value is -1.88. The van der Waals surface area contributed by atoms with E-state index in [0.29, 0.717) is 18.4 Å². The van der Waals surface area contributed by atoms with E-state index in [1.54, 1.807) is 0 Å². The third-order valence-electron chi connectivity index (χ3n) is 5.90. The van der Waals surface area contributed by atoms with Gasteiger partial charge >= 0.3 is 0 Å². The molecule has 2 unspecified atom stereocenters. The van der Waals surface area contributed by atoms with Gasteiger partial charge in [-0.05, 0) is 35.1 Å². The maximum atomic E-state index is 9.53. The summed E-state index contributed by atoms with van der Waals surface area (Å²) >= 11 is 0. The lowest BCUT2D eigenvalue weighted by Crippen LogP contribution is -2.31. The highest BCUT2D eigenvalue weighted by Crippen LogP contribution is 2.62. The number of aliphatic hydroxyl groups is 2. The lowest BCUT2D eigenvalue weighted by molar-refractivity contribution is 0.0868. The third kappa shape index (κ3) is 3.17. The van der Waals surface area contributed by atoms with Gasteiger partial charge in [0.1, 0.15) is 12.4 Å². The molecule has 1 saturated carbocycles. The number of fused-ring (bicyclic) bond motifs is 1. The van der Waals surface area contributed by atoms with Crippen molar-refractivity contribution in [3.63, 3.8) is 0 Å². The van der Waals surface area contributed by atoms with E-state index in [4.69, 9.17) is 4.74 Å². The number of hydrogen-bond donors (Lipinski definition) is 2. The molecule has 4 nitrogen and oxygen atoms in total. The van der Waals surface area contributed by atoms with E-state index in [9.17, 15) is 10.2 Å². The Balaban J connectivity index is 1.32. The largest absolute Gasteiger partial charge is 0.489 e. The fraction of sp³-hybridized carbons (Fsp3) is 0.429. The molecule has 1 heterocycles. The second kappa shape index (κ2) is 6.79. The van der Waals surface area contributed by atoms with Crippen LogP contribution in [0.3, 0.4) is 0 Å². The molecule has 25 heavy (non-hydrogen) atoms. The number of aliphatic hydroxyl groups excluding tert-OH is 2. The highest BCUT2D eigenvalue weighted by molar-refractivity contribution is 5.29. The molecule has 4 rings (SSSR count). The quantitative estimate of drug-likeness (QED) is 0.813. The van der Waals surface area contributed by atoms with Gasteiger partial charge in [-0.25, -0.2) is 0 Å². The van der Waals surface area contributed by atoms with Crippen LogP contribution >= 0.6 is 0 Å². The number of hydrogen-bond acceptors (Lipinski definition) is 4. The number of rotatable bonds is 7. The van der Waals surface area contributed by atoms with Gasteiger partial charge in [-0.3, -0.25) is 4.90 Å². The summed E-state index contributed by atoms with van der Waals surface area (Å²) in [5, 5.41) is 19.1. The molecule has 2 aromatic carbocycles. The molecule has 2 aromatic rings. The summed E-state index contributed by atoms with van der Waals surface area (Å²) in [5.74, 6) is 1.78. The smallest absolute Gasteiger partial charge is 0.120 e. The monoisotopic (exact) mass is 339 g/mol. The summed E-state index contributed by atoms with van der Waals surface area (Å²) in [6.07, 6.45) is 0. The number of likely N-dealkylation sites (tertiary alicyclic amines) is 1.